The van der Waals surface area contributed by atoms with E-state index in [0.29, 0.717) is 26.2 Å². The minimum atomic E-state index is -0.349. The number of aromatic amines is 1. The number of rotatable bonds is 3. The molecule has 1 fully saturated rings. The fraction of sp³-hybridized carbons (Fsp3) is 0.300. The second-order valence-electron chi connectivity index (χ2n) is 6.81. The van der Waals surface area contributed by atoms with E-state index in [2.05, 4.69) is 20.0 Å². The molecule has 0 unspecified atom stereocenters. The maximum absolute atomic E-state index is 12.6. The standard InChI is InChI=1S/C20H22N6O2/c1-14-18(15(2)26(23-14)17-7-3-4-8-21-17)24-10-12-25(13-11-24)20(28)16-6-5-9-22-19(16)27/h3-9H,10-13H2,1-2H3,(H,22,27). The maximum Gasteiger partial charge on any atom is 0.260 e. The van der Waals surface area contributed by atoms with E-state index in [-0.39, 0.29) is 17.0 Å². The van der Waals surface area contributed by atoms with Crippen molar-refractivity contribution in [1.29, 1.82) is 0 Å². The summed E-state index contributed by atoms with van der Waals surface area (Å²) >= 11 is 0. The molecule has 4 rings (SSSR count). The van der Waals surface area contributed by atoms with Crippen molar-refractivity contribution < 1.29 is 4.79 Å². The molecule has 1 saturated heterocycles. The Hall–Kier alpha value is -3.42. The molecule has 0 aromatic carbocycles. The van der Waals surface area contributed by atoms with Gasteiger partial charge >= 0.3 is 0 Å². The van der Waals surface area contributed by atoms with Gasteiger partial charge in [-0.1, -0.05) is 6.07 Å². The number of pyridine rings is 2. The fourth-order valence-corrected chi connectivity index (χ4v) is 3.69. The van der Waals surface area contributed by atoms with Gasteiger partial charge in [-0.25, -0.2) is 9.67 Å². The quantitative estimate of drug-likeness (QED) is 0.747. The lowest BCUT2D eigenvalue weighted by atomic mass is 10.2. The zero-order valence-electron chi connectivity index (χ0n) is 15.9. The number of H-pyrrole nitrogens is 1. The van der Waals surface area contributed by atoms with Crippen molar-refractivity contribution in [2.24, 2.45) is 0 Å². The van der Waals surface area contributed by atoms with Gasteiger partial charge in [-0.2, -0.15) is 5.10 Å². The number of amides is 1. The minimum absolute atomic E-state index is 0.186. The molecule has 0 spiro atoms. The number of aryl methyl sites for hydroxylation is 1. The Labute approximate surface area is 162 Å². The Bertz CT molecular complexity index is 1050. The van der Waals surface area contributed by atoms with Crippen molar-refractivity contribution >= 4 is 11.6 Å². The Morgan fingerprint density at radius 1 is 1.07 bits per heavy atom. The number of carbonyl (C=O) groups is 1. The zero-order chi connectivity index (χ0) is 19.7. The predicted molar refractivity (Wildman–Crippen MR) is 106 cm³/mol. The highest BCUT2D eigenvalue weighted by Gasteiger charge is 2.27. The third kappa shape index (κ3) is 3.17. The number of nitrogens with zero attached hydrogens (tertiary/aromatic N) is 5. The number of aromatic nitrogens is 4. The highest BCUT2D eigenvalue weighted by molar-refractivity contribution is 5.94. The van der Waals surface area contributed by atoms with Crippen LogP contribution in [-0.4, -0.2) is 56.7 Å². The molecular formula is C20H22N6O2. The lowest BCUT2D eigenvalue weighted by Crippen LogP contribution is -2.49. The van der Waals surface area contributed by atoms with Crippen LogP contribution in [0.15, 0.2) is 47.5 Å². The molecule has 1 aliphatic rings. The summed E-state index contributed by atoms with van der Waals surface area (Å²) < 4.78 is 1.85. The van der Waals surface area contributed by atoms with E-state index >= 15 is 0 Å². The van der Waals surface area contributed by atoms with Crippen LogP contribution in [0, 0.1) is 13.8 Å². The molecule has 1 amide bonds. The monoisotopic (exact) mass is 378 g/mol. The van der Waals surface area contributed by atoms with E-state index in [0.717, 1.165) is 22.9 Å². The first-order valence-electron chi connectivity index (χ1n) is 9.26. The minimum Gasteiger partial charge on any atom is -0.365 e. The van der Waals surface area contributed by atoms with E-state index in [1.54, 1.807) is 23.2 Å². The summed E-state index contributed by atoms with van der Waals surface area (Å²) in [6.07, 6.45) is 3.28. The van der Waals surface area contributed by atoms with Gasteiger partial charge in [0.15, 0.2) is 5.82 Å². The number of hydrogen-bond acceptors (Lipinski definition) is 5. The van der Waals surface area contributed by atoms with Gasteiger partial charge in [-0.05, 0) is 38.1 Å². The number of hydrogen-bond donors (Lipinski definition) is 1. The van der Waals surface area contributed by atoms with Crippen LogP contribution in [-0.2, 0) is 0 Å². The topological polar surface area (TPSA) is 87.1 Å². The molecule has 0 bridgehead atoms. The van der Waals surface area contributed by atoms with Crippen LogP contribution in [0.25, 0.3) is 5.82 Å². The molecule has 8 heteroatoms. The molecule has 144 valence electrons. The van der Waals surface area contributed by atoms with Crippen molar-refractivity contribution in [2.45, 2.75) is 13.8 Å². The van der Waals surface area contributed by atoms with Gasteiger partial charge in [0.25, 0.3) is 11.5 Å². The predicted octanol–water partition coefficient (Wildman–Crippen LogP) is 1.53. The van der Waals surface area contributed by atoms with Crippen molar-refractivity contribution in [3.8, 4) is 5.82 Å². The number of carbonyl (C=O) groups excluding carboxylic acids is 1. The summed E-state index contributed by atoms with van der Waals surface area (Å²) in [7, 11) is 0. The molecule has 0 aliphatic carbocycles. The highest BCUT2D eigenvalue weighted by Crippen LogP contribution is 2.27. The average molecular weight is 378 g/mol. The normalized spacial score (nSPS) is 14.4. The van der Waals surface area contributed by atoms with E-state index in [9.17, 15) is 9.59 Å². The summed E-state index contributed by atoms with van der Waals surface area (Å²) in [5.74, 6) is 0.561. The Morgan fingerprint density at radius 2 is 1.86 bits per heavy atom. The van der Waals surface area contributed by atoms with E-state index in [4.69, 9.17) is 0 Å². The van der Waals surface area contributed by atoms with Crippen LogP contribution in [0.5, 0.6) is 0 Å². The SMILES string of the molecule is Cc1nn(-c2ccccn2)c(C)c1N1CCN(C(=O)c2ccc[nH]c2=O)CC1. The Balaban J connectivity index is 1.52. The number of nitrogens with one attached hydrogen (secondary N) is 1. The molecule has 4 heterocycles. The molecule has 1 N–H and O–H groups in total. The molecular weight excluding hydrogens is 356 g/mol. The van der Waals surface area contributed by atoms with Gasteiger partial charge in [0, 0.05) is 38.6 Å². The van der Waals surface area contributed by atoms with E-state index in [1.165, 1.54) is 6.20 Å². The van der Waals surface area contributed by atoms with Gasteiger partial charge in [0.05, 0.1) is 17.1 Å². The van der Waals surface area contributed by atoms with Crippen molar-refractivity contribution in [1.82, 2.24) is 24.6 Å². The molecule has 28 heavy (non-hydrogen) atoms. The van der Waals surface area contributed by atoms with Crippen LogP contribution in [0.4, 0.5) is 5.69 Å². The van der Waals surface area contributed by atoms with Gasteiger partial charge in [0.2, 0.25) is 0 Å². The Kier molecular flexibility index (Phi) is 4.68. The summed E-state index contributed by atoms with van der Waals surface area (Å²) in [4.78, 5) is 35.5. The number of piperazine rings is 1. The third-order valence-corrected chi connectivity index (χ3v) is 5.05. The smallest absolute Gasteiger partial charge is 0.260 e. The molecule has 0 atom stereocenters. The van der Waals surface area contributed by atoms with Crippen molar-refractivity contribution in [2.75, 3.05) is 31.1 Å². The van der Waals surface area contributed by atoms with Gasteiger partial charge < -0.3 is 14.8 Å². The Morgan fingerprint density at radius 3 is 2.54 bits per heavy atom. The van der Waals surface area contributed by atoms with E-state index in [1.807, 2.05) is 36.7 Å². The van der Waals surface area contributed by atoms with Gasteiger partial charge in [-0.15, -0.1) is 0 Å². The van der Waals surface area contributed by atoms with Crippen LogP contribution >= 0.6 is 0 Å². The summed E-state index contributed by atoms with van der Waals surface area (Å²) in [5, 5.41) is 4.66. The molecule has 0 radical (unpaired) electrons. The molecule has 0 saturated carbocycles. The third-order valence-electron chi connectivity index (χ3n) is 5.05. The summed E-state index contributed by atoms with van der Waals surface area (Å²) in [5.41, 5.74) is 2.87. The first kappa shape index (κ1) is 18.0. The van der Waals surface area contributed by atoms with Gasteiger partial charge in [0.1, 0.15) is 5.56 Å². The average Bonchev–Trinajstić information content (AvgIpc) is 3.03. The molecule has 8 nitrogen and oxygen atoms in total. The highest BCUT2D eigenvalue weighted by atomic mass is 16.2. The van der Waals surface area contributed by atoms with Crippen LogP contribution in [0.3, 0.4) is 0 Å². The maximum atomic E-state index is 12.6. The largest absolute Gasteiger partial charge is 0.365 e. The van der Waals surface area contributed by atoms with Crippen LogP contribution in [0.2, 0.25) is 0 Å². The molecule has 1 aliphatic heterocycles. The second kappa shape index (κ2) is 7.30. The lowest BCUT2D eigenvalue weighted by molar-refractivity contribution is 0.0745. The summed E-state index contributed by atoms with van der Waals surface area (Å²) in [6.45, 7) is 6.51. The van der Waals surface area contributed by atoms with Crippen molar-refractivity contribution in [3.05, 3.63) is 70.0 Å². The second-order valence-corrected chi connectivity index (χ2v) is 6.81. The van der Waals surface area contributed by atoms with E-state index < -0.39 is 0 Å². The van der Waals surface area contributed by atoms with Gasteiger partial charge in [-0.3, -0.25) is 9.59 Å². The molecule has 3 aromatic rings. The fourth-order valence-electron chi connectivity index (χ4n) is 3.69. The van der Waals surface area contributed by atoms with Crippen LogP contribution in [0.1, 0.15) is 21.7 Å². The van der Waals surface area contributed by atoms with Crippen LogP contribution < -0.4 is 10.5 Å². The number of anilines is 1. The first-order chi connectivity index (χ1) is 13.6. The first-order valence-corrected chi connectivity index (χ1v) is 9.26. The lowest BCUT2D eigenvalue weighted by Gasteiger charge is -2.36. The summed E-state index contributed by atoms with van der Waals surface area (Å²) in [6, 6.07) is 8.98. The zero-order valence-corrected chi connectivity index (χ0v) is 15.9. The molecule has 3 aromatic heterocycles. The van der Waals surface area contributed by atoms with Crippen molar-refractivity contribution in [3.63, 3.8) is 0 Å².